The van der Waals surface area contributed by atoms with E-state index >= 15 is 0 Å². The first-order valence-electron chi connectivity index (χ1n) is 11.3. The Morgan fingerprint density at radius 1 is 0.970 bits per heavy atom. The number of hydrogen-bond donors (Lipinski definition) is 2. The minimum atomic E-state index is -0.508. The maximum Gasteiger partial charge on any atom is 0.255 e. The van der Waals surface area contributed by atoms with Gasteiger partial charge in [-0.05, 0) is 29.8 Å². The Kier molecular flexibility index (Phi) is 8.03. The summed E-state index contributed by atoms with van der Waals surface area (Å²) in [4.78, 5) is 21.3. The number of ether oxygens (including phenoxy) is 1. The van der Waals surface area contributed by atoms with E-state index in [1.807, 2.05) is 60.7 Å². The van der Waals surface area contributed by atoms with Gasteiger partial charge in [0.2, 0.25) is 0 Å². The Hall–Kier alpha value is -3.26. The summed E-state index contributed by atoms with van der Waals surface area (Å²) < 4.78 is 5.65. The van der Waals surface area contributed by atoms with Crippen LogP contribution in [-0.4, -0.2) is 66.3 Å². The number of piperazine rings is 1. The second-order valence-corrected chi connectivity index (χ2v) is 8.17. The number of amides is 1. The molecule has 4 rings (SSSR count). The lowest BCUT2D eigenvalue weighted by molar-refractivity contribution is 0.00912. The van der Waals surface area contributed by atoms with E-state index in [1.54, 1.807) is 18.3 Å². The number of pyridine rings is 1. The second-order valence-electron chi connectivity index (χ2n) is 8.17. The van der Waals surface area contributed by atoms with Crippen LogP contribution in [-0.2, 0) is 11.3 Å². The van der Waals surface area contributed by atoms with Crippen LogP contribution >= 0.6 is 0 Å². The lowest BCUT2D eigenvalue weighted by atomic mass is 10.2. The molecule has 172 valence electrons. The van der Waals surface area contributed by atoms with Gasteiger partial charge in [-0.2, -0.15) is 0 Å². The monoisotopic (exact) mass is 446 g/mol. The zero-order valence-electron chi connectivity index (χ0n) is 18.6. The summed E-state index contributed by atoms with van der Waals surface area (Å²) in [5, 5.41) is 13.2. The molecule has 2 heterocycles. The number of rotatable bonds is 9. The normalized spacial score (nSPS) is 15.2. The molecule has 7 nitrogen and oxygen atoms in total. The molecule has 1 aliphatic heterocycles. The van der Waals surface area contributed by atoms with Gasteiger partial charge in [0.25, 0.3) is 5.91 Å². The topological polar surface area (TPSA) is 77.9 Å². The number of β-amino-alcohol motifs (C(OH)–C–C–N with tert-alkyl or cyclic N) is 1. The summed E-state index contributed by atoms with van der Waals surface area (Å²) in [6.07, 6.45) is 1.18. The number of carbonyl (C=O) groups excluding carboxylic acids is 1. The number of aliphatic hydroxyl groups excluding tert-OH is 1. The molecule has 1 fully saturated rings. The van der Waals surface area contributed by atoms with Crippen molar-refractivity contribution < 1.29 is 14.6 Å². The number of nitrogens with zero attached hydrogens (tertiary/aromatic N) is 3. The molecular weight excluding hydrogens is 416 g/mol. The van der Waals surface area contributed by atoms with Crippen LogP contribution in [0.5, 0.6) is 0 Å². The molecule has 2 aromatic carbocycles. The zero-order chi connectivity index (χ0) is 22.9. The van der Waals surface area contributed by atoms with Crippen molar-refractivity contribution in [1.29, 1.82) is 0 Å². The van der Waals surface area contributed by atoms with Gasteiger partial charge in [0.1, 0.15) is 5.82 Å². The molecule has 0 aliphatic carbocycles. The molecule has 7 heteroatoms. The van der Waals surface area contributed by atoms with Crippen LogP contribution in [0, 0.1) is 0 Å². The van der Waals surface area contributed by atoms with Crippen LogP contribution in [0.25, 0.3) is 0 Å². The molecule has 0 radical (unpaired) electrons. The van der Waals surface area contributed by atoms with Gasteiger partial charge < -0.3 is 20.1 Å². The number of anilines is 2. The van der Waals surface area contributed by atoms with E-state index in [0.717, 1.165) is 37.6 Å². The molecule has 0 spiro atoms. The van der Waals surface area contributed by atoms with Crippen molar-refractivity contribution in [2.45, 2.75) is 12.7 Å². The Morgan fingerprint density at radius 2 is 1.67 bits per heavy atom. The van der Waals surface area contributed by atoms with Gasteiger partial charge in [0, 0.05) is 38.3 Å². The predicted molar refractivity (Wildman–Crippen MR) is 129 cm³/mol. The number of aliphatic hydroxyl groups is 1. The largest absolute Gasteiger partial charge is 0.389 e. The van der Waals surface area contributed by atoms with Crippen molar-refractivity contribution in [3.05, 3.63) is 90.1 Å². The fourth-order valence-corrected chi connectivity index (χ4v) is 3.84. The molecule has 1 saturated heterocycles. The van der Waals surface area contributed by atoms with Crippen LogP contribution in [0.1, 0.15) is 15.9 Å². The minimum Gasteiger partial charge on any atom is -0.389 e. The van der Waals surface area contributed by atoms with Crippen LogP contribution < -0.4 is 10.2 Å². The maximum atomic E-state index is 12.3. The summed E-state index contributed by atoms with van der Waals surface area (Å²) in [6.45, 7) is 4.81. The summed E-state index contributed by atoms with van der Waals surface area (Å²) in [6, 6.07) is 22.9. The number of benzene rings is 2. The maximum absolute atomic E-state index is 12.3. The van der Waals surface area contributed by atoms with E-state index in [-0.39, 0.29) is 5.91 Å². The van der Waals surface area contributed by atoms with E-state index in [9.17, 15) is 9.90 Å². The average molecular weight is 447 g/mol. The van der Waals surface area contributed by atoms with Gasteiger partial charge in [-0.1, -0.05) is 48.5 Å². The van der Waals surface area contributed by atoms with Crippen molar-refractivity contribution in [2.24, 2.45) is 0 Å². The van der Waals surface area contributed by atoms with E-state index in [0.29, 0.717) is 31.0 Å². The van der Waals surface area contributed by atoms with Crippen LogP contribution in [0.4, 0.5) is 11.5 Å². The Morgan fingerprint density at radius 3 is 2.33 bits per heavy atom. The van der Waals surface area contributed by atoms with Gasteiger partial charge in [0.05, 0.1) is 31.2 Å². The third-order valence-corrected chi connectivity index (χ3v) is 5.63. The fourth-order valence-electron chi connectivity index (χ4n) is 3.84. The van der Waals surface area contributed by atoms with Crippen LogP contribution in [0.2, 0.25) is 0 Å². The number of carbonyl (C=O) groups is 1. The molecule has 0 bridgehead atoms. The highest BCUT2D eigenvalue weighted by Gasteiger charge is 2.20. The van der Waals surface area contributed by atoms with Gasteiger partial charge in [-0.3, -0.25) is 9.69 Å². The van der Waals surface area contributed by atoms with Crippen molar-refractivity contribution in [3.8, 4) is 0 Å². The van der Waals surface area contributed by atoms with Gasteiger partial charge in [-0.25, -0.2) is 4.98 Å². The lowest BCUT2D eigenvalue weighted by Gasteiger charge is -2.36. The van der Waals surface area contributed by atoms with Crippen molar-refractivity contribution in [3.63, 3.8) is 0 Å². The van der Waals surface area contributed by atoms with E-state index in [4.69, 9.17) is 4.74 Å². The molecule has 2 N–H and O–H groups in total. The van der Waals surface area contributed by atoms with E-state index in [2.05, 4.69) is 20.1 Å². The highest BCUT2D eigenvalue weighted by atomic mass is 16.5. The summed E-state index contributed by atoms with van der Waals surface area (Å²) in [5.74, 6) is 0.740. The molecule has 1 unspecified atom stereocenters. The smallest absolute Gasteiger partial charge is 0.255 e. The van der Waals surface area contributed by atoms with Crippen LogP contribution in [0.15, 0.2) is 79.0 Å². The third kappa shape index (κ3) is 6.86. The molecular formula is C26H30N4O3. The first kappa shape index (κ1) is 22.9. The SMILES string of the molecule is O=C(Nc1ccc(N2CCN(CC(O)COCc3ccccc3)CC2)nc1)c1ccccc1. The Labute approximate surface area is 194 Å². The van der Waals surface area contributed by atoms with Gasteiger partial charge in [-0.15, -0.1) is 0 Å². The predicted octanol–water partition coefficient (Wildman–Crippen LogP) is 3.03. The van der Waals surface area contributed by atoms with Gasteiger partial charge in [0.15, 0.2) is 0 Å². The second kappa shape index (κ2) is 11.6. The molecule has 1 aromatic heterocycles. The zero-order valence-corrected chi connectivity index (χ0v) is 18.6. The van der Waals surface area contributed by atoms with E-state index in [1.165, 1.54) is 0 Å². The molecule has 1 aliphatic rings. The minimum absolute atomic E-state index is 0.148. The number of nitrogens with one attached hydrogen (secondary N) is 1. The van der Waals surface area contributed by atoms with Crippen molar-refractivity contribution in [2.75, 3.05) is 49.5 Å². The molecule has 0 saturated carbocycles. The fraction of sp³-hybridized carbons (Fsp3) is 0.308. The molecule has 1 amide bonds. The van der Waals surface area contributed by atoms with Crippen molar-refractivity contribution in [1.82, 2.24) is 9.88 Å². The molecule has 1 atom stereocenters. The molecule has 3 aromatic rings. The lowest BCUT2D eigenvalue weighted by Crippen LogP contribution is -2.49. The summed E-state index contributed by atoms with van der Waals surface area (Å²) in [5.41, 5.74) is 2.40. The third-order valence-electron chi connectivity index (χ3n) is 5.63. The number of aromatic nitrogens is 1. The van der Waals surface area contributed by atoms with E-state index < -0.39 is 6.10 Å². The molecule has 33 heavy (non-hydrogen) atoms. The highest BCUT2D eigenvalue weighted by molar-refractivity contribution is 6.04. The number of hydrogen-bond acceptors (Lipinski definition) is 6. The van der Waals surface area contributed by atoms with Crippen LogP contribution in [0.3, 0.4) is 0 Å². The average Bonchev–Trinajstić information content (AvgIpc) is 2.86. The Bertz CT molecular complexity index is 991. The van der Waals surface area contributed by atoms with Crippen molar-refractivity contribution >= 4 is 17.4 Å². The highest BCUT2D eigenvalue weighted by Crippen LogP contribution is 2.17. The first-order chi connectivity index (χ1) is 16.2. The quantitative estimate of drug-likeness (QED) is 0.526. The Balaban J connectivity index is 1.18. The summed E-state index contributed by atoms with van der Waals surface area (Å²) in [7, 11) is 0. The first-order valence-corrected chi connectivity index (χ1v) is 11.3. The van der Waals surface area contributed by atoms with Gasteiger partial charge >= 0.3 is 0 Å². The summed E-state index contributed by atoms with van der Waals surface area (Å²) >= 11 is 0. The standard InChI is InChI=1S/C26H30N4O3/c31-24(20-33-19-21-7-3-1-4-8-21)18-29-13-15-30(16-14-29)25-12-11-23(17-27-25)28-26(32)22-9-5-2-6-10-22/h1-12,17,24,31H,13-16,18-20H2,(H,28,32).